The zero-order chi connectivity index (χ0) is 18.8. The molecule has 2 aliphatic rings. The molecule has 2 aromatic rings. The summed E-state index contributed by atoms with van der Waals surface area (Å²) in [7, 11) is 1.76. The van der Waals surface area contributed by atoms with E-state index >= 15 is 0 Å². The molecular weight excluding hydrogens is 348 g/mol. The molecule has 1 aromatic carbocycles. The maximum atomic E-state index is 12.8. The Morgan fingerprint density at radius 2 is 2.04 bits per heavy atom. The maximum absolute atomic E-state index is 12.8. The quantitative estimate of drug-likeness (QED) is 0.806. The second kappa shape index (κ2) is 7.34. The Labute approximate surface area is 157 Å². The van der Waals surface area contributed by atoms with E-state index in [1.807, 2.05) is 24.3 Å². The second-order valence-corrected chi connectivity index (χ2v) is 6.93. The first-order chi connectivity index (χ1) is 13.1. The fourth-order valence-electron chi connectivity index (χ4n) is 3.53. The normalized spacial score (nSPS) is 18.6. The van der Waals surface area contributed by atoms with Crippen LogP contribution in [0, 0.1) is 5.92 Å². The van der Waals surface area contributed by atoms with Crippen molar-refractivity contribution < 1.29 is 23.5 Å². The van der Waals surface area contributed by atoms with Gasteiger partial charge < -0.3 is 23.7 Å². The number of likely N-dealkylation sites (tertiary alicyclic amines) is 1. The van der Waals surface area contributed by atoms with Gasteiger partial charge >= 0.3 is 0 Å². The molecule has 1 atom stereocenters. The summed E-state index contributed by atoms with van der Waals surface area (Å²) in [6.45, 7) is 2.36. The summed E-state index contributed by atoms with van der Waals surface area (Å²) in [5, 5.41) is 0. The fraction of sp³-hybridized carbons (Fsp3) is 0.400. The lowest BCUT2D eigenvalue weighted by atomic mass is 10.1. The summed E-state index contributed by atoms with van der Waals surface area (Å²) in [5.41, 5.74) is 0.965. The minimum atomic E-state index is -0.324. The van der Waals surface area contributed by atoms with Gasteiger partial charge in [0, 0.05) is 26.6 Å². The van der Waals surface area contributed by atoms with E-state index in [0.717, 1.165) is 17.1 Å². The molecule has 0 aliphatic carbocycles. The van der Waals surface area contributed by atoms with E-state index in [1.165, 1.54) is 0 Å². The van der Waals surface area contributed by atoms with Crippen LogP contribution in [-0.2, 0) is 22.7 Å². The Kier molecular flexibility index (Phi) is 4.75. The zero-order valence-electron chi connectivity index (χ0n) is 15.2. The maximum Gasteiger partial charge on any atom is 0.228 e. The lowest BCUT2D eigenvalue weighted by Crippen LogP contribution is -2.34. The van der Waals surface area contributed by atoms with Gasteiger partial charge in [0.05, 0.1) is 18.7 Å². The van der Waals surface area contributed by atoms with Crippen molar-refractivity contribution in [3.8, 4) is 11.5 Å². The molecule has 0 bridgehead atoms. The van der Waals surface area contributed by atoms with E-state index in [-0.39, 0.29) is 24.2 Å². The van der Waals surface area contributed by atoms with Crippen LogP contribution in [0.2, 0.25) is 0 Å². The number of fused-ring (bicyclic) bond motifs is 1. The number of carbonyl (C=O) groups excluding carboxylic acids is 2. The number of hydrogen-bond acceptors (Lipinski definition) is 5. The molecule has 0 N–H and O–H groups in total. The highest BCUT2D eigenvalue weighted by molar-refractivity contribution is 5.89. The summed E-state index contributed by atoms with van der Waals surface area (Å²) >= 11 is 0. The van der Waals surface area contributed by atoms with Crippen LogP contribution in [0.3, 0.4) is 0 Å². The standard InChI is InChI=1S/C20H22N2O5/c1-21(11-14-4-5-17-18(9-14)27-8-7-26-17)20(24)15-10-19(23)22(12-15)13-16-3-2-6-25-16/h2-6,9,15H,7-8,10-13H2,1H3. The lowest BCUT2D eigenvalue weighted by Gasteiger charge is -2.23. The summed E-state index contributed by atoms with van der Waals surface area (Å²) < 4.78 is 16.4. The molecular formula is C20H22N2O5. The first-order valence-corrected chi connectivity index (χ1v) is 9.04. The lowest BCUT2D eigenvalue weighted by molar-refractivity contribution is -0.135. The molecule has 4 rings (SSSR count). The van der Waals surface area contributed by atoms with Crippen LogP contribution >= 0.6 is 0 Å². The molecule has 0 spiro atoms. The van der Waals surface area contributed by atoms with Gasteiger partial charge in [-0.3, -0.25) is 9.59 Å². The van der Waals surface area contributed by atoms with Crippen LogP contribution in [0.1, 0.15) is 17.7 Å². The molecule has 7 heteroatoms. The molecule has 2 amide bonds. The van der Waals surface area contributed by atoms with Crippen LogP contribution < -0.4 is 9.47 Å². The van der Waals surface area contributed by atoms with Gasteiger partial charge in [0.2, 0.25) is 11.8 Å². The van der Waals surface area contributed by atoms with Crippen LogP contribution in [0.4, 0.5) is 0 Å². The number of rotatable bonds is 5. The van der Waals surface area contributed by atoms with Crippen molar-refractivity contribution in [1.29, 1.82) is 0 Å². The van der Waals surface area contributed by atoms with E-state index in [9.17, 15) is 9.59 Å². The number of carbonyl (C=O) groups is 2. The molecule has 7 nitrogen and oxygen atoms in total. The number of nitrogens with zero attached hydrogens (tertiary/aromatic N) is 2. The van der Waals surface area contributed by atoms with E-state index in [2.05, 4.69) is 0 Å². The average molecular weight is 370 g/mol. The summed E-state index contributed by atoms with van der Waals surface area (Å²) in [5.74, 6) is 1.79. The third kappa shape index (κ3) is 3.77. The van der Waals surface area contributed by atoms with Crippen molar-refractivity contribution in [3.63, 3.8) is 0 Å². The highest BCUT2D eigenvalue weighted by Crippen LogP contribution is 2.31. The van der Waals surface area contributed by atoms with Crippen molar-refractivity contribution in [2.24, 2.45) is 5.92 Å². The molecule has 0 saturated carbocycles. The third-order valence-corrected chi connectivity index (χ3v) is 4.89. The molecule has 142 valence electrons. The Morgan fingerprint density at radius 3 is 2.81 bits per heavy atom. The Morgan fingerprint density at radius 1 is 1.22 bits per heavy atom. The Hall–Kier alpha value is -2.96. The molecule has 2 aliphatic heterocycles. The van der Waals surface area contributed by atoms with Gasteiger partial charge in [-0.1, -0.05) is 6.07 Å². The first-order valence-electron chi connectivity index (χ1n) is 9.04. The van der Waals surface area contributed by atoms with Gasteiger partial charge in [0.25, 0.3) is 0 Å². The van der Waals surface area contributed by atoms with E-state index in [0.29, 0.717) is 38.6 Å². The van der Waals surface area contributed by atoms with Gasteiger partial charge in [-0.15, -0.1) is 0 Å². The van der Waals surface area contributed by atoms with Gasteiger partial charge in [-0.2, -0.15) is 0 Å². The molecule has 0 radical (unpaired) electrons. The predicted octanol–water partition coefficient (Wildman–Crippen LogP) is 2.06. The van der Waals surface area contributed by atoms with Crippen LogP contribution in [0.15, 0.2) is 41.0 Å². The monoisotopic (exact) mass is 370 g/mol. The predicted molar refractivity (Wildman–Crippen MR) is 96.1 cm³/mol. The number of ether oxygens (including phenoxy) is 2. The summed E-state index contributed by atoms with van der Waals surface area (Å²) in [6.07, 6.45) is 1.82. The van der Waals surface area contributed by atoms with Gasteiger partial charge in [0.15, 0.2) is 11.5 Å². The second-order valence-electron chi connectivity index (χ2n) is 6.93. The summed E-state index contributed by atoms with van der Waals surface area (Å²) in [6, 6.07) is 9.32. The van der Waals surface area contributed by atoms with Gasteiger partial charge in [-0.25, -0.2) is 0 Å². The molecule has 1 saturated heterocycles. The number of amides is 2. The smallest absolute Gasteiger partial charge is 0.228 e. The highest BCUT2D eigenvalue weighted by Gasteiger charge is 2.36. The topological polar surface area (TPSA) is 72.2 Å². The molecule has 1 aromatic heterocycles. The molecule has 27 heavy (non-hydrogen) atoms. The van der Waals surface area contributed by atoms with Crippen LogP contribution in [-0.4, -0.2) is 48.4 Å². The Balaban J connectivity index is 1.37. The molecule has 1 unspecified atom stereocenters. The van der Waals surface area contributed by atoms with Crippen LogP contribution in [0.25, 0.3) is 0 Å². The summed E-state index contributed by atoms with van der Waals surface area (Å²) in [4.78, 5) is 28.4. The number of furan rings is 1. The highest BCUT2D eigenvalue weighted by atomic mass is 16.6. The van der Waals surface area contributed by atoms with Crippen molar-refractivity contribution in [2.75, 3.05) is 26.8 Å². The van der Waals surface area contributed by atoms with Crippen molar-refractivity contribution >= 4 is 11.8 Å². The first kappa shape index (κ1) is 17.5. The van der Waals surface area contributed by atoms with Crippen molar-refractivity contribution in [1.82, 2.24) is 9.80 Å². The minimum absolute atomic E-state index is 0.0162. The van der Waals surface area contributed by atoms with Gasteiger partial charge in [0.1, 0.15) is 19.0 Å². The minimum Gasteiger partial charge on any atom is -0.486 e. The SMILES string of the molecule is CN(Cc1ccc2c(c1)OCCO2)C(=O)C1CC(=O)N(Cc2ccco2)C1. The van der Waals surface area contributed by atoms with Gasteiger partial charge in [-0.05, 0) is 29.8 Å². The van der Waals surface area contributed by atoms with Crippen LogP contribution in [0.5, 0.6) is 11.5 Å². The number of benzene rings is 1. The zero-order valence-corrected chi connectivity index (χ0v) is 15.2. The molecule has 3 heterocycles. The van der Waals surface area contributed by atoms with E-state index in [4.69, 9.17) is 13.9 Å². The van der Waals surface area contributed by atoms with E-state index in [1.54, 1.807) is 29.2 Å². The fourth-order valence-corrected chi connectivity index (χ4v) is 3.53. The van der Waals surface area contributed by atoms with Crippen molar-refractivity contribution in [2.45, 2.75) is 19.5 Å². The average Bonchev–Trinajstić information content (AvgIpc) is 3.31. The van der Waals surface area contributed by atoms with Crippen molar-refractivity contribution in [3.05, 3.63) is 47.9 Å². The number of hydrogen-bond donors (Lipinski definition) is 0. The molecule has 1 fully saturated rings. The van der Waals surface area contributed by atoms with E-state index < -0.39 is 0 Å². The largest absolute Gasteiger partial charge is 0.486 e. The Bertz CT molecular complexity index is 833. The third-order valence-electron chi connectivity index (χ3n) is 4.89.